The van der Waals surface area contributed by atoms with Crippen molar-refractivity contribution in [1.82, 2.24) is 0 Å². The number of ketones is 1. The summed E-state index contributed by atoms with van der Waals surface area (Å²) in [5.74, 6) is 1.16. The summed E-state index contributed by atoms with van der Waals surface area (Å²) >= 11 is 0. The zero-order valence-electron chi connectivity index (χ0n) is 8.78. The van der Waals surface area contributed by atoms with Crippen molar-refractivity contribution in [1.29, 1.82) is 0 Å². The lowest BCUT2D eigenvalue weighted by Gasteiger charge is -2.18. The van der Waals surface area contributed by atoms with Crippen LogP contribution in [0.25, 0.3) is 11.0 Å². The molecule has 16 heavy (non-hydrogen) atoms. The van der Waals surface area contributed by atoms with Crippen LogP contribution >= 0.6 is 0 Å². The van der Waals surface area contributed by atoms with Crippen molar-refractivity contribution in [3.8, 4) is 11.5 Å². The lowest BCUT2D eigenvalue weighted by atomic mass is 10.0. The highest BCUT2D eigenvalue weighted by molar-refractivity contribution is 6.07. The summed E-state index contributed by atoms with van der Waals surface area (Å²) in [4.78, 5) is 11.8. The van der Waals surface area contributed by atoms with E-state index in [0.29, 0.717) is 35.7 Å². The number of ether oxygens (including phenoxy) is 2. The van der Waals surface area contributed by atoms with Crippen LogP contribution in [0, 0.1) is 0 Å². The summed E-state index contributed by atoms with van der Waals surface area (Å²) in [6.45, 7) is 0.418. The van der Waals surface area contributed by atoms with Crippen molar-refractivity contribution in [3.05, 3.63) is 24.0 Å². The quantitative estimate of drug-likeness (QED) is 0.737. The lowest BCUT2D eigenvalue weighted by molar-refractivity contribution is 0.0930. The zero-order valence-corrected chi connectivity index (χ0v) is 8.78. The molecule has 2 aromatic rings. The topological polar surface area (TPSA) is 48.7 Å². The van der Waals surface area contributed by atoms with E-state index in [1.165, 1.54) is 0 Å². The molecule has 0 aliphatic carbocycles. The Hall–Kier alpha value is -1.97. The van der Waals surface area contributed by atoms with Crippen LogP contribution in [-0.4, -0.2) is 19.5 Å². The largest absolute Gasteiger partial charge is 0.495 e. The van der Waals surface area contributed by atoms with Crippen LogP contribution < -0.4 is 9.47 Å². The van der Waals surface area contributed by atoms with Crippen molar-refractivity contribution >= 4 is 16.8 Å². The fourth-order valence-electron chi connectivity index (χ4n) is 2.03. The Balaban J connectivity index is 2.39. The molecule has 4 nitrogen and oxygen atoms in total. The van der Waals surface area contributed by atoms with Crippen LogP contribution in [0.1, 0.15) is 16.8 Å². The number of hydrogen-bond donors (Lipinski definition) is 0. The molecule has 1 aromatic carbocycles. The van der Waals surface area contributed by atoms with E-state index < -0.39 is 0 Å². The fourth-order valence-corrected chi connectivity index (χ4v) is 2.03. The predicted octanol–water partition coefficient (Wildman–Crippen LogP) is 2.41. The molecule has 4 heteroatoms. The second-order valence-corrected chi connectivity index (χ2v) is 3.64. The van der Waals surface area contributed by atoms with Gasteiger partial charge in [0.05, 0.1) is 25.4 Å². The minimum atomic E-state index is 0.0567. The first-order valence-electron chi connectivity index (χ1n) is 5.05. The van der Waals surface area contributed by atoms with E-state index in [2.05, 4.69) is 0 Å². The van der Waals surface area contributed by atoms with Gasteiger partial charge in [0.1, 0.15) is 22.6 Å². The van der Waals surface area contributed by atoms with Crippen LogP contribution in [0.5, 0.6) is 11.5 Å². The Bertz CT molecular complexity index is 568. The van der Waals surface area contributed by atoms with Crippen molar-refractivity contribution < 1.29 is 18.7 Å². The number of methoxy groups -OCH3 is 1. The van der Waals surface area contributed by atoms with Gasteiger partial charge in [-0.3, -0.25) is 4.79 Å². The predicted molar refractivity (Wildman–Crippen MR) is 57.2 cm³/mol. The van der Waals surface area contributed by atoms with E-state index in [0.717, 1.165) is 5.39 Å². The first kappa shape index (κ1) is 9.27. The molecule has 0 saturated carbocycles. The molecule has 1 aromatic heterocycles. The van der Waals surface area contributed by atoms with Crippen LogP contribution in [0.2, 0.25) is 0 Å². The molecule has 0 radical (unpaired) electrons. The average Bonchev–Trinajstić information content (AvgIpc) is 2.74. The first-order chi connectivity index (χ1) is 7.81. The monoisotopic (exact) mass is 218 g/mol. The summed E-state index contributed by atoms with van der Waals surface area (Å²) in [5, 5.41) is 0.806. The summed E-state index contributed by atoms with van der Waals surface area (Å²) in [6, 6.07) is 3.53. The van der Waals surface area contributed by atoms with Gasteiger partial charge < -0.3 is 13.9 Å². The van der Waals surface area contributed by atoms with E-state index in [4.69, 9.17) is 13.9 Å². The van der Waals surface area contributed by atoms with Gasteiger partial charge in [-0.1, -0.05) is 0 Å². The summed E-state index contributed by atoms with van der Waals surface area (Å²) in [6.07, 6.45) is 1.97. The number of rotatable bonds is 1. The Morgan fingerprint density at radius 2 is 2.31 bits per heavy atom. The van der Waals surface area contributed by atoms with Gasteiger partial charge in [0.25, 0.3) is 0 Å². The van der Waals surface area contributed by atoms with E-state index >= 15 is 0 Å². The highest BCUT2D eigenvalue weighted by Crippen LogP contribution is 2.39. The Kier molecular flexibility index (Phi) is 1.89. The summed E-state index contributed by atoms with van der Waals surface area (Å²) in [5.41, 5.74) is 1.20. The van der Waals surface area contributed by atoms with Gasteiger partial charge in [-0.25, -0.2) is 0 Å². The maximum atomic E-state index is 11.8. The molecule has 1 aliphatic rings. The zero-order chi connectivity index (χ0) is 11.1. The van der Waals surface area contributed by atoms with Crippen molar-refractivity contribution in [2.45, 2.75) is 6.42 Å². The third-order valence-electron chi connectivity index (χ3n) is 2.75. The number of fused-ring (bicyclic) bond motifs is 2. The molecule has 0 fully saturated rings. The number of Topliss-reactive ketones (excluding diaryl/α,β-unsaturated/α-hetero) is 1. The van der Waals surface area contributed by atoms with Gasteiger partial charge in [-0.15, -0.1) is 0 Å². The van der Waals surface area contributed by atoms with Gasteiger partial charge in [0.2, 0.25) is 0 Å². The van der Waals surface area contributed by atoms with Gasteiger partial charge in [-0.2, -0.15) is 0 Å². The first-order valence-corrected chi connectivity index (χ1v) is 5.05. The highest BCUT2D eigenvalue weighted by Gasteiger charge is 2.26. The third kappa shape index (κ3) is 1.13. The maximum absolute atomic E-state index is 11.8. The molecule has 0 spiro atoms. The second-order valence-electron chi connectivity index (χ2n) is 3.64. The number of benzene rings is 1. The Morgan fingerprint density at radius 1 is 1.44 bits per heavy atom. The number of carbonyl (C=O) groups excluding carboxylic acids is 1. The summed E-state index contributed by atoms with van der Waals surface area (Å²) in [7, 11) is 1.55. The number of hydrogen-bond acceptors (Lipinski definition) is 4. The van der Waals surface area contributed by atoms with Crippen LogP contribution in [0.3, 0.4) is 0 Å². The molecule has 3 rings (SSSR count). The normalized spacial score (nSPS) is 14.7. The second kappa shape index (κ2) is 3.27. The van der Waals surface area contributed by atoms with E-state index in [9.17, 15) is 4.79 Å². The number of carbonyl (C=O) groups is 1. The molecule has 0 bridgehead atoms. The number of furan rings is 1. The van der Waals surface area contributed by atoms with E-state index in [1.807, 2.05) is 0 Å². The van der Waals surface area contributed by atoms with Gasteiger partial charge in [0.15, 0.2) is 5.78 Å². The highest BCUT2D eigenvalue weighted by atomic mass is 16.5. The molecule has 1 aliphatic heterocycles. The molecular weight excluding hydrogens is 208 g/mol. The Morgan fingerprint density at radius 3 is 3.12 bits per heavy atom. The standard InChI is InChI=1S/C12H10O4/c1-14-12-7-2-4-15-9(7)6-10-11(12)8(13)3-5-16-10/h2,4,6H,3,5H2,1H3. The molecule has 0 unspecified atom stereocenters. The Labute approximate surface area is 91.7 Å². The fraction of sp³-hybridized carbons (Fsp3) is 0.250. The van der Waals surface area contributed by atoms with Gasteiger partial charge >= 0.3 is 0 Å². The van der Waals surface area contributed by atoms with Crippen LogP contribution in [0.4, 0.5) is 0 Å². The smallest absolute Gasteiger partial charge is 0.173 e. The van der Waals surface area contributed by atoms with Gasteiger partial charge in [0, 0.05) is 12.5 Å². The molecule has 0 amide bonds. The minimum Gasteiger partial charge on any atom is -0.495 e. The van der Waals surface area contributed by atoms with Crippen LogP contribution in [0.15, 0.2) is 22.8 Å². The molecule has 2 heterocycles. The van der Waals surface area contributed by atoms with Crippen LogP contribution in [-0.2, 0) is 0 Å². The molecule has 82 valence electrons. The van der Waals surface area contributed by atoms with Crippen molar-refractivity contribution in [2.24, 2.45) is 0 Å². The van der Waals surface area contributed by atoms with Crippen molar-refractivity contribution in [2.75, 3.05) is 13.7 Å². The minimum absolute atomic E-state index is 0.0567. The molecule has 0 N–H and O–H groups in total. The molecular formula is C12H10O4. The molecule has 0 atom stereocenters. The van der Waals surface area contributed by atoms with Crippen molar-refractivity contribution in [3.63, 3.8) is 0 Å². The molecule has 0 saturated heterocycles. The van der Waals surface area contributed by atoms with Gasteiger partial charge in [-0.05, 0) is 6.07 Å². The van der Waals surface area contributed by atoms with E-state index in [1.54, 1.807) is 25.5 Å². The lowest BCUT2D eigenvalue weighted by Crippen LogP contribution is -2.16. The van der Waals surface area contributed by atoms with E-state index in [-0.39, 0.29) is 5.78 Å². The third-order valence-corrected chi connectivity index (χ3v) is 2.75. The summed E-state index contributed by atoms with van der Waals surface area (Å²) < 4.78 is 16.0. The average molecular weight is 218 g/mol. The maximum Gasteiger partial charge on any atom is 0.173 e. The SMILES string of the molecule is COc1c2c(cc3occc13)OCCC2=O.